The van der Waals surface area contributed by atoms with E-state index in [9.17, 15) is 0 Å². The monoisotopic (exact) mass is 774 g/mol. The highest BCUT2D eigenvalue weighted by Crippen LogP contribution is 2.63. The second-order valence-corrected chi connectivity index (χ2v) is 16.1. The van der Waals surface area contributed by atoms with Gasteiger partial charge in [-0.1, -0.05) is 206 Å². The van der Waals surface area contributed by atoms with Crippen LogP contribution in [0.2, 0.25) is 0 Å². The summed E-state index contributed by atoms with van der Waals surface area (Å²) in [6, 6.07) is 83.4. The van der Waals surface area contributed by atoms with Gasteiger partial charge in [0.05, 0.1) is 16.8 Å². The van der Waals surface area contributed by atoms with Gasteiger partial charge in [-0.25, -0.2) is 9.97 Å². The summed E-state index contributed by atoms with van der Waals surface area (Å²) in [5.74, 6) is 0.707. The van der Waals surface area contributed by atoms with Crippen LogP contribution in [0.15, 0.2) is 231 Å². The molecule has 0 saturated heterocycles. The Balaban J connectivity index is 0.919. The fraction of sp³-hybridized carbons (Fsp3) is 0.0169. The second kappa shape index (κ2) is 14.1. The Morgan fingerprint density at radius 1 is 0.230 bits per heavy atom. The van der Waals surface area contributed by atoms with E-state index in [0.29, 0.717) is 5.82 Å². The highest BCUT2D eigenvalue weighted by molar-refractivity contribution is 5.96. The SMILES string of the molecule is c1ccc(-c2cccc(-c3cc(-c4ccc(-c5cccc(-c6ccc7c(c6)C6(c8ccccc8-c8ccccc86)c6ccccc6-7)c5)cc4)nc(-c4ccccc4)n3)c2)cc1. The molecule has 2 nitrogen and oxygen atoms in total. The quantitative estimate of drug-likeness (QED) is 0.168. The third-order valence-electron chi connectivity index (χ3n) is 12.7. The third kappa shape index (κ3) is 5.64. The average molecular weight is 775 g/mol. The van der Waals surface area contributed by atoms with Gasteiger partial charge in [-0.2, -0.15) is 0 Å². The van der Waals surface area contributed by atoms with Gasteiger partial charge in [0.25, 0.3) is 0 Å². The molecule has 2 aliphatic rings. The average Bonchev–Trinajstić information content (AvgIpc) is 3.82. The van der Waals surface area contributed by atoms with Gasteiger partial charge in [0.1, 0.15) is 0 Å². The van der Waals surface area contributed by atoms with Gasteiger partial charge in [0.2, 0.25) is 0 Å². The van der Waals surface area contributed by atoms with Crippen molar-refractivity contribution in [2.24, 2.45) is 0 Å². The van der Waals surface area contributed by atoms with Gasteiger partial charge in [0.15, 0.2) is 5.82 Å². The van der Waals surface area contributed by atoms with Crippen LogP contribution in [0.1, 0.15) is 22.3 Å². The number of aromatic nitrogens is 2. The standard InChI is InChI=1S/C59H38N2/c1-3-15-39(16-4-1)44-20-14-22-47(36-44)57-38-56(60-58(61-57)42-17-5-2-6-18-42)41-31-29-40(30-32-41)43-19-13-21-45(35-43)46-33-34-51-50-25-9-12-28-54(50)59(55(51)37-46)52-26-10-7-23-48(52)49-24-8-11-27-53(49)59/h1-38H. The van der Waals surface area contributed by atoms with Gasteiger partial charge >= 0.3 is 0 Å². The highest BCUT2D eigenvalue weighted by Gasteiger charge is 2.51. The highest BCUT2D eigenvalue weighted by atomic mass is 14.9. The van der Waals surface area contributed by atoms with E-state index < -0.39 is 0 Å². The van der Waals surface area contributed by atoms with Gasteiger partial charge in [-0.15, -0.1) is 0 Å². The summed E-state index contributed by atoms with van der Waals surface area (Å²) in [4.78, 5) is 10.2. The van der Waals surface area contributed by atoms with E-state index in [2.05, 4.69) is 212 Å². The Labute approximate surface area is 356 Å². The molecule has 2 heteroatoms. The first-order valence-electron chi connectivity index (χ1n) is 21.0. The van der Waals surface area contributed by atoms with Crippen molar-refractivity contribution in [1.29, 1.82) is 0 Å². The van der Waals surface area contributed by atoms with E-state index in [0.717, 1.165) is 39.2 Å². The van der Waals surface area contributed by atoms with Crippen molar-refractivity contribution in [2.45, 2.75) is 5.41 Å². The van der Waals surface area contributed by atoms with Crippen LogP contribution in [0.25, 0.3) is 89.5 Å². The number of fused-ring (bicyclic) bond motifs is 10. The molecule has 9 aromatic carbocycles. The third-order valence-corrected chi connectivity index (χ3v) is 12.7. The first-order chi connectivity index (χ1) is 30.2. The molecule has 1 spiro atoms. The number of rotatable bonds is 6. The summed E-state index contributed by atoms with van der Waals surface area (Å²) in [5, 5.41) is 0. The predicted molar refractivity (Wildman–Crippen MR) is 251 cm³/mol. The van der Waals surface area contributed by atoms with E-state index in [1.807, 2.05) is 18.2 Å². The van der Waals surface area contributed by atoms with Gasteiger partial charge in [-0.3, -0.25) is 0 Å². The first kappa shape index (κ1) is 35.0. The lowest BCUT2D eigenvalue weighted by Gasteiger charge is -2.30. The Kier molecular flexibility index (Phi) is 8.11. The molecule has 0 saturated carbocycles. The zero-order valence-electron chi connectivity index (χ0n) is 33.3. The van der Waals surface area contributed by atoms with E-state index >= 15 is 0 Å². The Bertz CT molecular complexity index is 3230. The Morgan fingerprint density at radius 2 is 0.607 bits per heavy atom. The Hall–Kier alpha value is -7.94. The van der Waals surface area contributed by atoms with E-state index in [1.54, 1.807) is 0 Å². The van der Waals surface area contributed by atoms with E-state index in [1.165, 1.54) is 66.8 Å². The predicted octanol–water partition coefficient (Wildman–Crippen LogP) is 14.8. The fourth-order valence-corrected chi connectivity index (χ4v) is 9.93. The summed E-state index contributed by atoms with van der Waals surface area (Å²) in [5.41, 5.74) is 22.3. The normalized spacial score (nSPS) is 12.7. The molecular weight excluding hydrogens is 737 g/mol. The topological polar surface area (TPSA) is 25.8 Å². The largest absolute Gasteiger partial charge is 0.228 e. The van der Waals surface area contributed by atoms with Crippen LogP contribution in [-0.2, 0) is 5.41 Å². The van der Waals surface area contributed by atoms with E-state index in [-0.39, 0.29) is 5.41 Å². The van der Waals surface area contributed by atoms with Crippen LogP contribution in [0.5, 0.6) is 0 Å². The zero-order valence-corrected chi connectivity index (χ0v) is 33.3. The summed E-state index contributed by atoms with van der Waals surface area (Å²) in [7, 11) is 0. The Morgan fingerprint density at radius 3 is 1.20 bits per heavy atom. The molecule has 12 rings (SSSR count). The van der Waals surface area contributed by atoms with Crippen LogP contribution < -0.4 is 0 Å². The molecule has 0 radical (unpaired) electrons. The molecule has 10 aromatic rings. The second-order valence-electron chi connectivity index (χ2n) is 16.1. The molecule has 0 atom stereocenters. The molecule has 0 amide bonds. The van der Waals surface area contributed by atoms with Crippen LogP contribution in [0.3, 0.4) is 0 Å². The van der Waals surface area contributed by atoms with Crippen molar-refractivity contribution < 1.29 is 0 Å². The lowest BCUT2D eigenvalue weighted by molar-refractivity contribution is 0.794. The summed E-state index contributed by atoms with van der Waals surface area (Å²) in [6.07, 6.45) is 0. The summed E-state index contributed by atoms with van der Waals surface area (Å²) >= 11 is 0. The van der Waals surface area contributed by atoms with E-state index in [4.69, 9.17) is 9.97 Å². The van der Waals surface area contributed by atoms with Crippen LogP contribution in [0, 0.1) is 0 Å². The molecule has 0 unspecified atom stereocenters. The van der Waals surface area contributed by atoms with Crippen LogP contribution >= 0.6 is 0 Å². The smallest absolute Gasteiger partial charge is 0.160 e. The minimum atomic E-state index is -0.367. The first-order valence-corrected chi connectivity index (χ1v) is 21.0. The molecular formula is C59H38N2. The number of hydrogen-bond acceptors (Lipinski definition) is 2. The van der Waals surface area contributed by atoms with Crippen LogP contribution in [0.4, 0.5) is 0 Å². The molecule has 0 aliphatic heterocycles. The lowest BCUT2D eigenvalue weighted by Crippen LogP contribution is -2.25. The van der Waals surface area contributed by atoms with Crippen molar-refractivity contribution in [1.82, 2.24) is 9.97 Å². The van der Waals surface area contributed by atoms with Crippen molar-refractivity contribution >= 4 is 0 Å². The molecule has 284 valence electrons. The molecule has 0 N–H and O–H groups in total. The van der Waals surface area contributed by atoms with Crippen molar-refractivity contribution in [3.63, 3.8) is 0 Å². The maximum Gasteiger partial charge on any atom is 0.160 e. The number of benzene rings is 9. The van der Waals surface area contributed by atoms with Crippen molar-refractivity contribution in [3.05, 3.63) is 253 Å². The van der Waals surface area contributed by atoms with Gasteiger partial charge in [-0.05, 0) is 102 Å². The molecule has 2 aliphatic carbocycles. The molecule has 61 heavy (non-hydrogen) atoms. The minimum Gasteiger partial charge on any atom is -0.228 e. The fourth-order valence-electron chi connectivity index (χ4n) is 9.93. The maximum atomic E-state index is 5.13. The minimum absolute atomic E-state index is 0.367. The van der Waals surface area contributed by atoms with Crippen molar-refractivity contribution in [3.8, 4) is 89.5 Å². The van der Waals surface area contributed by atoms with Crippen LogP contribution in [-0.4, -0.2) is 9.97 Å². The number of nitrogens with zero attached hydrogens (tertiary/aromatic N) is 2. The van der Waals surface area contributed by atoms with Crippen molar-refractivity contribution in [2.75, 3.05) is 0 Å². The van der Waals surface area contributed by atoms with Gasteiger partial charge < -0.3 is 0 Å². The van der Waals surface area contributed by atoms with Gasteiger partial charge in [0, 0.05) is 16.7 Å². The number of hydrogen-bond donors (Lipinski definition) is 0. The molecule has 1 heterocycles. The summed E-state index contributed by atoms with van der Waals surface area (Å²) < 4.78 is 0. The summed E-state index contributed by atoms with van der Waals surface area (Å²) in [6.45, 7) is 0. The molecule has 0 fully saturated rings. The lowest BCUT2D eigenvalue weighted by atomic mass is 9.70. The molecule has 1 aromatic heterocycles. The zero-order chi connectivity index (χ0) is 40.3. The maximum absolute atomic E-state index is 5.13. The molecule has 0 bridgehead atoms.